The Balaban J connectivity index is 1.67. The number of β-lactam (4-membered cyclic amide) rings is 1. The third-order valence-electron chi connectivity index (χ3n) is 4.04. The number of halogens is 1. The van der Waals surface area contributed by atoms with Gasteiger partial charge in [-0.2, -0.15) is 0 Å². The van der Waals surface area contributed by atoms with Crippen LogP contribution in [-0.2, 0) is 9.59 Å². The van der Waals surface area contributed by atoms with Gasteiger partial charge in [-0.1, -0.05) is 17.7 Å². The quantitative estimate of drug-likeness (QED) is 0.707. The molecule has 0 aliphatic carbocycles. The first-order valence-electron chi connectivity index (χ1n) is 7.26. The van der Waals surface area contributed by atoms with Crippen molar-refractivity contribution in [1.29, 1.82) is 0 Å². The first-order chi connectivity index (χ1) is 11.2. The van der Waals surface area contributed by atoms with Crippen molar-refractivity contribution in [1.82, 2.24) is 10.2 Å². The van der Waals surface area contributed by atoms with Gasteiger partial charge in [0.2, 0.25) is 5.91 Å². The molecule has 0 aromatic heterocycles. The van der Waals surface area contributed by atoms with Gasteiger partial charge in [0.25, 0.3) is 0 Å². The number of carboxylic acid groups (broad SMARTS) is 1. The summed E-state index contributed by atoms with van der Waals surface area (Å²) in [6.45, 7) is 3.57. The van der Waals surface area contributed by atoms with Gasteiger partial charge in [-0.25, -0.2) is 9.59 Å². The van der Waals surface area contributed by atoms with Crippen molar-refractivity contribution in [3.05, 3.63) is 29.3 Å². The van der Waals surface area contributed by atoms with Gasteiger partial charge in [0.05, 0.1) is 0 Å². The van der Waals surface area contributed by atoms with Crippen molar-refractivity contribution in [3.63, 3.8) is 0 Å². The Labute approximate surface area is 147 Å². The Kier molecular flexibility index (Phi) is 4.13. The SMILES string of the molecule is CC1(C)S[C@@H]2[C@@H](NC(=O)Nc3cccc(Cl)c3)C(=O)N2[C@H]1C(=O)O. The zero-order valence-electron chi connectivity index (χ0n) is 12.9. The van der Waals surface area contributed by atoms with E-state index in [1.54, 1.807) is 38.1 Å². The van der Waals surface area contributed by atoms with Crippen molar-refractivity contribution in [2.24, 2.45) is 0 Å². The Morgan fingerprint density at radius 3 is 2.71 bits per heavy atom. The van der Waals surface area contributed by atoms with E-state index in [0.717, 1.165) is 0 Å². The number of carbonyl (C=O) groups is 3. The second-order valence-corrected chi connectivity index (χ2v) is 8.39. The summed E-state index contributed by atoms with van der Waals surface area (Å²) in [5, 5.41) is 14.7. The van der Waals surface area contributed by atoms with Gasteiger partial charge in [-0.3, -0.25) is 4.79 Å². The zero-order valence-corrected chi connectivity index (χ0v) is 14.5. The molecule has 3 atom stereocenters. The van der Waals surface area contributed by atoms with Crippen LogP contribution >= 0.6 is 23.4 Å². The molecule has 0 bridgehead atoms. The number of carboxylic acids is 1. The van der Waals surface area contributed by atoms with Gasteiger partial charge < -0.3 is 20.6 Å². The highest BCUT2D eigenvalue weighted by atomic mass is 35.5. The molecule has 128 valence electrons. The highest BCUT2D eigenvalue weighted by Gasteiger charge is 2.64. The van der Waals surface area contributed by atoms with Gasteiger partial charge in [0.15, 0.2) is 0 Å². The largest absolute Gasteiger partial charge is 0.480 e. The van der Waals surface area contributed by atoms with Crippen molar-refractivity contribution in [3.8, 4) is 0 Å². The van der Waals surface area contributed by atoms with Crippen molar-refractivity contribution < 1.29 is 19.5 Å². The number of fused-ring (bicyclic) bond motifs is 1. The number of anilines is 1. The fourth-order valence-corrected chi connectivity index (χ4v) is 4.84. The Bertz CT molecular complexity index is 726. The third kappa shape index (κ3) is 2.80. The molecule has 3 amide bonds. The van der Waals surface area contributed by atoms with Crippen molar-refractivity contribution >= 4 is 47.0 Å². The lowest BCUT2D eigenvalue weighted by molar-refractivity contribution is -0.159. The first-order valence-corrected chi connectivity index (χ1v) is 8.52. The molecule has 0 unspecified atom stereocenters. The number of nitrogens with zero attached hydrogens (tertiary/aromatic N) is 1. The lowest BCUT2D eigenvalue weighted by Crippen LogP contribution is -2.70. The number of aliphatic carboxylic acids is 1. The molecular weight excluding hydrogens is 354 g/mol. The second-order valence-electron chi connectivity index (χ2n) is 6.18. The van der Waals surface area contributed by atoms with Gasteiger partial charge in [0.1, 0.15) is 17.5 Å². The lowest BCUT2D eigenvalue weighted by atomic mass is 9.96. The number of nitrogens with one attached hydrogen (secondary N) is 2. The molecule has 1 aromatic rings. The maximum Gasteiger partial charge on any atom is 0.327 e. The lowest BCUT2D eigenvalue weighted by Gasteiger charge is -2.43. The van der Waals surface area contributed by atoms with Crippen LogP contribution < -0.4 is 10.6 Å². The number of carbonyl (C=O) groups excluding carboxylic acids is 2. The molecule has 7 nitrogen and oxygen atoms in total. The Morgan fingerprint density at radius 2 is 2.08 bits per heavy atom. The summed E-state index contributed by atoms with van der Waals surface area (Å²) in [4.78, 5) is 37.1. The molecule has 1 aromatic carbocycles. The molecule has 2 aliphatic rings. The molecule has 0 spiro atoms. The molecule has 24 heavy (non-hydrogen) atoms. The van der Waals surface area contributed by atoms with Gasteiger partial charge in [0, 0.05) is 15.5 Å². The van der Waals surface area contributed by atoms with Gasteiger partial charge in [-0.05, 0) is 32.0 Å². The van der Waals surface area contributed by atoms with Crippen LogP contribution in [0.4, 0.5) is 10.5 Å². The number of amides is 3. The zero-order chi connectivity index (χ0) is 17.6. The van der Waals surface area contributed by atoms with E-state index in [9.17, 15) is 19.5 Å². The molecule has 2 fully saturated rings. The monoisotopic (exact) mass is 369 g/mol. The molecule has 3 N–H and O–H groups in total. The van der Waals surface area contributed by atoms with Gasteiger partial charge in [-0.15, -0.1) is 11.8 Å². The van der Waals surface area contributed by atoms with Crippen molar-refractivity contribution in [2.45, 2.75) is 36.1 Å². The van der Waals surface area contributed by atoms with E-state index in [4.69, 9.17) is 11.6 Å². The number of benzene rings is 1. The van der Waals surface area contributed by atoms with Crippen LogP contribution in [0.1, 0.15) is 13.8 Å². The van der Waals surface area contributed by atoms with E-state index >= 15 is 0 Å². The highest BCUT2D eigenvalue weighted by Crippen LogP contribution is 2.50. The summed E-state index contributed by atoms with van der Waals surface area (Å²) >= 11 is 7.23. The molecule has 9 heteroatoms. The number of rotatable bonds is 3. The van der Waals surface area contributed by atoms with Crippen LogP contribution in [0.3, 0.4) is 0 Å². The predicted molar refractivity (Wildman–Crippen MR) is 91.1 cm³/mol. The maximum atomic E-state index is 12.3. The van der Waals surface area contributed by atoms with E-state index in [0.29, 0.717) is 10.7 Å². The van der Waals surface area contributed by atoms with Crippen molar-refractivity contribution in [2.75, 3.05) is 5.32 Å². The third-order valence-corrected chi connectivity index (χ3v) is 5.85. The topological polar surface area (TPSA) is 98.7 Å². The normalized spacial score (nSPS) is 27.2. The van der Waals surface area contributed by atoms with Gasteiger partial charge >= 0.3 is 12.0 Å². The first kappa shape index (κ1) is 16.9. The minimum atomic E-state index is -1.04. The molecule has 3 rings (SSSR count). The highest BCUT2D eigenvalue weighted by molar-refractivity contribution is 8.01. The number of hydrogen-bond acceptors (Lipinski definition) is 4. The van der Waals surface area contributed by atoms with Crippen LogP contribution in [0.2, 0.25) is 5.02 Å². The molecular formula is C15H16ClN3O4S. The molecule has 0 radical (unpaired) electrons. The summed E-state index contributed by atoms with van der Waals surface area (Å²) < 4.78 is -0.619. The average Bonchev–Trinajstić information content (AvgIpc) is 2.73. The van der Waals surface area contributed by atoms with Crippen LogP contribution in [0.25, 0.3) is 0 Å². The summed E-state index contributed by atoms with van der Waals surface area (Å²) in [6, 6.07) is 4.47. The molecule has 0 saturated carbocycles. The minimum Gasteiger partial charge on any atom is -0.480 e. The van der Waals surface area contributed by atoms with E-state index in [-0.39, 0.29) is 11.3 Å². The molecule has 2 saturated heterocycles. The smallest absolute Gasteiger partial charge is 0.327 e. The van der Waals surface area contributed by atoms with E-state index < -0.39 is 28.8 Å². The standard InChI is InChI=1S/C15H16ClN3O4S/c1-15(2)10(13(21)22)19-11(20)9(12(19)24-15)18-14(23)17-8-5-3-4-7(16)6-8/h3-6,9-10,12H,1-2H3,(H,21,22)(H2,17,18,23)/t9-,10-,12+/m0/s1. The number of thioether (sulfide) groups is 1. The summed E-state index contributed by atoms with van der Waals surface area (Å²) in [5.74, 6) is -1.42. The van der Waals surface area contributed by atoms with Crippen LogP contribution in [0, 0.1) is 0 Å². The predicted octanol–water partition coefficient (Wildman–Crippen LogP) is 1.98. The molecule has 2 heterocycles. The fraction of sp³-hybridized carbons (Fsp3) is 0.400. The van der Waals surface area contributed by atoms with E-state index in [1.807, 2.05) is 0 Å². The summed E-state index contributed by atoms with van der Waals surface area (Å²) in [7, 11) is 0. The summed E-state index contributed by atoms with van der Waals surface area (Å²) in [6.07, 6.45) is 0. The van der Waals surface area contributed by atoms with Crippen LogP contribution in [0.5, 0.6) is 0 Å². The average molecular weight is 370 g/mol. The Morgan fingerprint density at radius 1 is 1.38 bits per heavy atom. The minimum absolute atomic E-state index is 0.376. The van der Waals surface area contributed by atoms with Crippen LogP contribution in [0.15, 0.2) is 24.3 Å². The summed E-state index contributed by atoms with van der Waals surface area (Å²) in [5.41, 5.74) is 0.506. The second kappa shape index (κ2) is 5.86. The number of hydrogen-bond donors (Lipinski definition) is 3. The Hall–Kier alpha value is -1.93. The van der Waals surface area contributed by atoms with Crippen LogP contribution in [-0.4, -0.2) is 50.1 Å². The maximum absolute atomic E-state index is 12.3. The number of urea groups is 1. The van der Waals surface area contributed by atoms with E-state index in [2.05, 4.69) is 10.6 Å². The fourth-order valence-electron chi connectivity index (χ4n) is 3.02. The molecule has 2 aliphatic heterocycles. The van der Waals surface area contributed by atoms with E-state index in [1.165, 1.54) is 16.7 Å².